The molecule has 6 heteroatoms. The number of nitrogen functional groups attached to an aromatic ring is 1. The summed E-state index contributed by atoms with van der Waals surface area (Å²) in [5, 5.41) is 3.61. The van der Waals surface area contributed by atoms with Crippen LogP contribution in [0.4, 0.5) is 5.69 Å². The van der Waals surface area contributed by atoms with Crippen LogP contribution in [-0.4, -0.2) is 24.1 Å². The molecule has 0 aliphatic heterocycles. The number of hydrogen-bond donors (Lipinski definition) is 2. The number of nitrogens with one attached hydrogen (secondary N) is 1. The predicted octanol–water partition coefficient (Wildman–Crippen LogP) is 3.28. The standard InChI is InChI=1S/C18H19ClN2O2S/c1-11-4-3-5-14(19)16(11)17(24)21-15(18(22)23-2)10-12-6-8-13(20)9-7-12/h3-9,15H,10,20H2,1-2H3,(H,21,24). The fraction of sp³-hybridized carbons (Fsp3) is 0.222. The van der Waals surface area contributed by atoms with Crippen LogP contribution in [0, 0.1) is 6.92 Å². The summed E-state index contributed by atoms with van der Waals surface area (Å²) < 4.78 is 4.89. The summed E-state index contributed by atoms with van der Waals surface area (Å²) in [4.78, 5) is 12.5. The molecule has 0 aliphatic carbocycles. The molecule has 0 aromatic heterocycles. The molecular weight excluding hydrogens is 344 g/mol. The van der Waals surface area contributed by atoms with Crippen LogP contribution in [-0.2, 0) is 16.0 Å². The third-order valence-electron chi connectivity index (χ3n) is 3.66. The zero-order valence-electron chi connectivity index (χ0n) is 13.5. The molecule has 126 valence electrons. The summed E-state index contributed by atoms with van der Waals surface area (Å²) in [5.41, 5.74) is 8.97. The summed E-state index contributed by atoms with van der Waals surface area (Å²) in [7, 11) is 1.35. The second kappa shape index (κ2) is 8.13. The zero-order valence-corrected chi connectivity index (χ0v) is 15.1. The van der Waals surface area contributed by atoms with Crippen molar-refractivity contribution in [1.29, 1.82) is 0 Å². The maximum absolute atomic E-state index is 12.1. The van der Waals surface area contributed by atoms with Gasteiger partial charge in [-0.25, -0.2) is 4.79 Å². The molecule has 3 N–H and O–H groups in total. The Hall–Kier alpha value is -2.11. The van der Waals surface area contributed by atoms with Gasteiger partial charge in [-0.3, -0.25) is 0 Å². The molecule has 0 bridgehead atoms. The fourth-order valence-electron chi connectivity index (χ4n) is 2.37. The van der Waals surface area contributed by atoms with E-state index in [2.05, 4.69) is 5.32 Å². The van der Waals surface area contributed by atoms with E-state index in [1.54, 1.807) is 18.2 Å². The van der Waals surface area contributed by atoms with Crippen LogP contribution in [0.3, 0.4) is 0 Å². The first-order chi connectivity index (χ1) is 11.4. The van der Waals surface area contributed by atoms with Gasteiger partial charge in [0.1, 0.15) is 11.0 Å². The SMILES string of the molecule is COC(=O)C(Cc1ccc(N)cc1)NC(=S)c1c(C)cccc1Cl. The lowest BCUT2D eigenvalue weighted by Crippen LogP contribution is -2.43. The molecule has 0 saturated heterocycles. The van der Waals surface area contributed by atoms with Gasteiger partial charge in [-0.2, -0.15) is 0 Å². The Bertz CT molecular complexity index is 727. The van der Waals surface area contributed by atoms with Gasteiger partial charge < -0.3 is 15.8 Å². The van der Waals surface area contributed by atoms with E-state index in [4.69, 9.17) is 34.3 Å². The molecule has 24 heavy (non-hydrogen) atoms. The quantitative estimate of drug-likeness (QED) is 0.485. The summed E-state index contributed by atoms with van der Waals surface area (Å²) in [5.74, 6) is -0.390. The molecular formula is C18H19ClN2O2S. The van der Waals surface area contributed by atoms with E-state index < -0.39 is 6.04 Å². The van der Waals surface area contributed by atoms with Crippen LogP contribution in [0.2, 0.25) is 5.02 Å². The maximum atomic E-state index is 12.1. The Morgan fingerprint density at radius 3 is 2.54 bits per heavy atom. The average molecular weight is 363 g/mol. The van der Waals surface area contributed by atoms with Crippen molar-refractivity contribution < 1.29 is 9.53 Å². The number of hydrogen-bond acceptors (Lipinski definition) is 4. The highest BCUT2D eigenvalue weighted by molar-refractivity contribution is 7.80. The average Bonchev–Trinajstić information content (AvgIpc) is 2.55. The van der Waals surface area contributed by atoms with Crippen molar-refractivity contribution in [2.75, 3.05) is 12.8 Å². The first kappa shape index (κ1) is 18.2. The van der Waals surface area contributed by atoms with E-state index in [0.717, 1.165) is 16.7 Å². The lowest BCUT2D eigenvalue weighted by molar-refractivity contribution is -0.142. The summed E-state index contributed by atoms with van der Waals surface area (Å²) in [6.45, 7) is 1.92. The van der Waals surface area contributed by atoms with E-state index >= 15 is 0 Å². The Morgan fingerprint density at radius 2 is 1.96 bits per heavy atom. The fourth-order valence-corrected chi connectivity index (χ4v) is 3.16. The first-order valence-corrected chi connectivity index (χ1v) is 8.19. The first-order valence-electron chi connectivity index (χ1n) is 7.40. The minimum atomic E-state index is -0.609. The smallest absolute Gasteiger partial charge is 0.328 e. The molecule has 0 spiro atoms. The number of anilines is 1. The number of ether oxygens (including phenoxy) is 1. The number of aryl methyl sites for hydroxylation is 1. The van der Waals surface area contributed by atoms with Gasteiger partial charge in [0.2, 0.25) is 0 Å². The van der Waals surface area contributed by atoms with Gasteiger partial charge >= 0.3 is 5.97 Å². The van der Waals surface area contributed by atoms with Gasteiger partial charge in [-0.1, -0.05) is 48.1 Å². The van der Waals surface area contributed by atoms with Crippen molar-refractivity contribution in [3.05, 3.63) is 64.2 Å². The van der Waals surface area contributed by atoms with Crippen LogP contribution in [0.15, 0.2) is 42.5 Å². The van der Waals surface area contributed by atoms with Crippen molar-refractivity contribution in [2.45, 2.75) is 19.4 Å². The molecule has 2 rings (SSSR count). The molecule has 2 aromatic rings. The van der Waals surface area contributed by atoms with Gasteiger partial charge in [-0.15, -0.1) is 0 Å². The molecule has 0 aliphatic rings. The van der Waals surface area contributed by atoms with Gasteiger partial charge in [0, 0.05) is 17.7 Å². The molecule has 0 heterocycles. The van der Waals surface area contributed by atoms with E-state index in [9.17, 15) is 4.79 Å². The Balaban J connectivity index is 2.21. The van der Waals surface area contributed by atoms with Crippen LogP contribution in [0.1, 0.15) is 16.7 Å². The molecule has 1 unspecified atom stereocenters. The van der Waals surface area contributed by atoms with Crippen molar-refractivity contribution >= 4 is 40.5 Å². The predicted molar refractivity (Wildman–Crippen MR) is 101 cm³/mol. The number of thiocarbonyl (C=S) groups is 1. The van der Waals surface area contributed by atoms with Crippen LogP contribution >= 0.6 is 23.8 Å². The van der Waals surface area contributed by atoms with Crippen molar-refractivity contribution in [1.82, 2.24) is 5.32 Å². The molecule has 4 nitrogen and oxygen atoms in total. The van der Waals surface area contributed by atoms with Crippen LogP contribution in [0.5, 0.6) is 0 Å². The summed E-state index contributed by atoms with van der Waals surface area (Å²) in [6.07, 6.45) is 0.427. The van der Waals surface area contributed by atoms with Crippen molar-refractivity contribution in [3.8, 4) is 0 Å². The second-order valence-corrected chi connectivity index (χ2v) is 6.24. The summed E-state index contributed by atoms with van der Waals surface area (Å²) in [6, 6.07) is 12.3. The Morgan fingerprint density at radius 1 is 1.29 bits per heavy atom. The van der Waals surface area contributed by atoms with E-state index in [0.29, 0.717) is 22.1 Å². The minimum Gasteiger partial charge on any atom is -0.467 e. The van der Waals surface area contributed by atoms with Gasteiger partial charge in [-0.05, 0) is 36.2 Å². The van der Waals surface area contributed by atoms with Crippen LogP contribution in [0.25, 0.3) is 0 Å². The number of nitrogens with two attached hydrogens (primary N) is 1. The number of halogens is 1. The Kier molecular flexibility index (Phi) is 6.17. The van der Waals surface area contributed by atoms with Gasteiger partial charge in [0.05, 0.1) is 12.1 Å². The highest BCUT2D eigenvalue weighted by atomic mass is 35.5. The van der Waals surface area contributed by atoms with Gasteiger partial charge in [0.25, 0.3) is 0 Å². The largest absolute Gasteiger partial charge is 0.467 e. The third-order valence-corrected chi connectivity index (χ3v) is 4.30. The topological polar surface area (TPSA) is 64.3 Å². The number of rotatable bonds is 5. The lowest BCUT2D eigenvalue weighted by Gasteiger charge is -2.20. The molecule has 0 saturated carbocycles. The maximum Gasteiger partial charge on any atom is 0.328 e. The molecule has 0 radical (unpaired) electrons. The number of benzene rings is 2. The minimum absolute atomic E-state index is 0.390. The Labute approximate surface area is 152 Å². The summed E-state index contributed by atoms with van der Waals surface area (Å²) >= 11 is 11.7. The number of carbonyl (C=O) groups excluding carboxylic acids is 1. The number of methoxy groups -OCH3 is 1. The van der Waals surface area contributed by atoms with Crippen molar-refractivity contribution in [2.24, 2.45) is 0 Å². The monoisotopic (exact) mass is 362 g/mol. The van der Waals surface area contributed by atoms with E-state index in [1.165, 1.54) is 7.11 Å². The second-order valence-electron chi connectivity index (χ2n) is 5.43. The molecule has 1 atom stereocenters. The number of carbonyl (C=O) groups is 1. The van der Waals surface area contributed by atoms with E-state index in [-0.39, 0.29) is 5.97 Å². The molecule has 0 fully saturated rings. The zero-order chi connectivity index (χ0) is 17.7. The molecule has 0 amide bonds. The van der Waals surface area contributed by atoms with Crippen LogP contribution < -0.4 is 11.1 Å². The highest BCUT2D eigenvalue weighted by Gasteiger charge is 2.22. The van der Waals surface area contributed by atoms with Gasteiger partial charge in [0.15, 0.2) is 0 Å². The lowest BCUT2D eigenvalue weighted by atomic mass is 10.0. The normalized spacial score (nSPS) is 11.6. The number of esters is 1. The molecule has 2 aromatic carbocycles. The van der Waals surface area contributed by atoms with E-state index in [1.807, 2.05) is 31.2 Å². The highest BCUT2D eigenvalue weighted by Crippen LogP contribution is 2.20. The third kappa shape index (κ3) is 4.46. The van der Waals surface area contributed by atoms with Crippen molar-refractivity contribution in [3.63, 3.8) is 0 Å².